The van der Waals surface area contributed by atoms with Gasteiger partial charge in [-0.15, -0.1) is 0 Å². The molecule has 2 atom stereocenters. The molecule has 24 heavy (non-hydrogen) atoms. The molecule has 1 aromatic carbocycles. The first kappa shape index (κ1) is 14.8. The van der Waals surface area contributed by atoms with Crippen LogP contribution in [0.25, 0.3) is 17.4 Å². The third-order valence-corrected chi connectivity index (χ3v) is 4.07. The highest BCUT2D eigenvalue weighted by atomic mass is 19.1. The van der Waals surface area contributed by atoms with E-state index >= 15 is 0 Å². The third kappa shape index (κ3) is 2.74. The number of anilines is 1. The number of alkyl halides is 1. The lowest BCUT2D eigenvalue weighted by Crippen LogP contribution is -1.98. The first-order chi connectivity index (χ1) is 11.7. The summed E-state index contributed by atoms with van der Waals surface area (Å²) in [6.45, 7) is 0.834. The first-order valence-electron chi connectivity index (χ1n) is 7.64. The van der Waals surface area contributed by atoms with E-state index in [1.54, 1.807) is 17.1 Å². The Morgan fingerprint density at radius 1 is 1.21 bits per heavy atom. The normalized spacial score (nSPS) is 21.5. The molecule has 2 aromatic heterocycles. The molecule has 2 N–H and O–H groups in total. The van der Waals surface area contributed by atoms with Crippen molar-refractivity contribution < 1.29 is 9.13 Å². The zero-order valence-corrected chi connectivity index (χ0v) is 12.8. The molecule has 0 spiro atoms. The number of fused-ring (bicyclic) bond motifs is 1. The highest BCUT2D eigenvalue weighted by Gasteiger charge is 2.45. The van der Waals surface area contributed by atoms with Gasteiger partial charge in [0.25, 0.3) is 0 Å². The largest absolute Gasteiger partial charge is 0.382 e. The minimum Gasteiger partial charge on any atom is -0.382 e. The summed E-state index contributed by atoms with van der Waals surface area (Å²) in [6.07, 6.45) is 3.66. The van der Waals surface area contributed by atoms with E-state index < -0.39 is 6.17 Å². The molecule has 0 radical (unpaired) electrons. The smallest absolute Gasteiger partial charge is 0.169 e. The van der Waals surface area contributed by atoms with Crippen LogP contribution in [-0.2, 0) is 11.3 Å². The van der Waals surface area contributed by atoms with Crippen LogP contribution in [0.4, 0.5) is 10.2 Å². The van der Waals surface area contributed by atoms with E-state index in [9.17, 15) is 4.39 Å². The standard InChI is InChI=1S/C17H16FN5O/c18-14-12(13(14)8-24-7-11-4-2-1-3-5-11)6-23-10-22-15-16(19)20-9-21-17(15)23/h1-6,9-10,13-14H,7-8H2,(H2,19,20,21)/b12-6+/t13-,14-/m1/s1. The molecule has 0 unspecified atom stereocenters. The minimum atomic E-state index is -0.989. The molecule has 4 rings (SSSR count). The maximum atomic E-state index is 14.0. The second-order valence-electron chi connectivity index (χ2n) is 5.72. The predicted octanol–water partition coefficient (Wildman–Crippen LogP) is 2.43. The van der Waals surface area contributed by atoms with Crippen molar-refractivity contribution in [3.05, 3.63) is 54.1 Å². The topological polar surface area (TPSA) is 78.9 Å². The highest BCUT2D eigenvalue weighted by Crippen LogP contribution is 2.42. The number of imidazole rings is 1. The zero-order valence-electron chi connectivity index (χ0n) is 12.8. The number of rotatable bonds is 5. The summed E-state index contributed by atoms with van der Waals surface area (Å²) >= 11 is 0. The van der Waals surface area contributed by atoms with Gasteiger partial charge in [-0.1, -0.05) is 30.3 Å². The molecule has 3 aromatic rings. The first-order valence-corrected chi connectivity index (χ1v) is 7.64. The number of nitrogen functional groups attached to an aromatic ring is 1. The second kappa shape index (κ2) is 6.01. The second-order valence-corrected chi connectivity index (χ2v) is 5.72. The van der Waals surface area contributed by atoms with Crippen LogP contribution in [0.3, 0.4) is 0 Å². The predicted molar refractivity (Wildman–Crippen MR) is 88.5 cm³/mol. The molecule has 2 heterocycles. The van der Waals surface area contributed by atoms with Crippen molar-refractivity contribution >= 4 is 23.2 Å². The molecular weight excluding hydrogens is 309 g/mol. The van der Waals surface area contributed by atoms with Gasteiger partial charge in [0.15, 0.2) is 17.0 Å². The lowest BCUT2D eigenvalue weighted by molar-refractivity contribution is 0.107. The van der Waals surface area contributed by atoms with Gasteiger partial charge in [0, 0.05) is 12.1 Å². The molecule has 1 aliphatic rings. The molecule has 0 saturated heterocycles. The fourth-order valence-corrected chi connectivity index (χ4v) is 2.65. The Morgan fingerprint density at radius 3 is 2.88 bits per heavy atom. The van der Waals surface area contributed by atoms with Crippen LogP contribution in [0.5, 0.6) is 0 Å². The number of aromatic nitrogens is 4. The average Bonchev–Trinajstić information content (AvgIpc) is 3.02. The monoisotopic (exact) mass is 325 g/mol. The lowest BCUT2D eigenvalue weighted by atomic mass is 10.2. The Labute approximate surface area is 137 Å². The number of nitrogens with zero attached hydrogens (tertiary/aromatic N) is 4. The number of nitrogens with two attached hydrogens (primary N) is 1. The Morgan fingerprint density at radius 2 is 2.04 bits per heavy atom. The van der Waals surface area contributed by atoms with Crippen molar-refractivity contribution in [1.29, 1.82) is 0 Å². The molecule has 6 nitrogen and oxygen atoms in total. The summed E-state index contributed by atoms with van der Waals surface area (Å²) in [5, 5.41) is 0. The third-order valence-electron chi connectivity index (χ3n) is 4.07. The van der Waals surface area contributed by atoms with Crippen molar-refractivity contribution in [3.8, 4) is 0 Å². The average molecular weight is 325 g/mol. The van der Waals surface area contributed by atoms with Gasteiger partial charge in [-0.05, 0) is 11.1 Å². The van der Waals surface area contributed by atoms with Gasteiger partial charge in [0.1, 0.15) is 18.8 Å². The van der Waals surface area contributed by atoms with Crippen LogP contribution in [0, 0.1) is 5.92 Å². The van der Waals surface area contributed by atoms with Crippen LogP contribution in [0.1, 0.15) is 5.56 Å². The van der Waals surface area contributed by atoms with E-state index in [1.165, 1.54) is 6.33 Å². The van der Waals surface area contributed by atoms with Gasteiger partial charge in [-0.3, -0.25) is 4.57 Å². The van der Waals surface area contributed by atoms with Crippen molar-refractivity contribution in [2.24, 2.45) is 5.92 Å². The lowest BCUT2D eigenvalue weighted by Gasteiger charge is -2.02. The molecule has 1 saturated carbocycles. The Bertz CT molecular complexity index is 892. The number of hydrogen-bond donors (Lipinski definition) is 1. The van der Waals surface area contributed by atoms with Gasteiger partial charge in [0.05, 0.1) is 13.2 Å². The molecular formula is C17H16FN5O. The molecule has 1 aliphatic carbocycles. The summed E-state index contributed by atoms with van der Waals surface area (Å²) in [5.41, 5.74) is 8.59. The number of benzene rings is 1. The van der Waals surface area contributed by atoms with Crippen LogP contribution in [0.2, 0.25) is 0 Å². The maximum Gasteiger partial charge on any atom is 0.169 e. The molecule has 0 aliphatic heterocycles. The molecule has 7 heteroatoms. The van der Waals surface area contributed by atoms with Gasteiger partial charge >= 0.3 is 0 Å². The summed E-state index contributed by atoms with van der Waals surface area (Å²) in [6, 6.07) is 9.83. The summed E-state index contributed by atoms with van der Waals surface area (Å²) < 4.78 is 21.3. The summed E-state index contributed by atoms with van der Waals surface area (Å²) in [7, 11) is 0. The van der Waals surface area contributed by atoms with E-state index in [2.05, 4.69) is 15.0 Å². The number of ether oxygens (including phenoxy) is 1. The minimum absolute atomic E-state index is 0.217. The maximum absolute atomic E-state index is 14.0. The van der Waals surface area contributed by atoms with Crippen molar-refractivity contribution in [2.75, 3.05) is 12.3 Å². The Kier molecular flexibility index (Phi) is 3.70. The summed E-state index contributed by atoms with van der Waals surface area (Å²) in [5.74, 6) is 0.0952. The van der Waals surface area contributed by atoms with E-state index in [0.29, 0.717) is 35.8 Å². The van der Waals surface area contributed by atoms with Gasteiger partial charge < -0.3 is 10.5 Å². The molecule has 122 valence electrons. The van der Waals surface area contributed by atoms with Gasteiger partial charge in [-0.2, -0.15) is 0 Å². The van der Waals surface area contributed by atoms with Crippen LogP contribution >= 0.6 is 0 Å². The quantitative estimate of drug-likeness (QED) is 0.779. The van der Waals surface area contributed by atoms with E-state index in [0.717, 1.165) is 5.56 Å². The van der Waals surface area contributed by atoms with E-state index in [1.807, 2.05) is 30.3 Å². The molecule has 0 bridgehead atoms. The van der Waals surface area contributed by atoms with E-state index in [4.69, 9.17) is 10.5 Å². The van der Waals surface area contributed by atoms with Crippen LogP contribution in [-0.4, -0.2) is 32.3 Å². The summed E-state index contributed by atoms with van der Waals surface area (Å²) in [4.78, 5) is 12.2. The van der Waals surface area contributed by atoms with Crippen LogP contribution < -0.4 is 5.73 Å². The highest BCUT2D eigenvalue weighted by molar-refractivity contribution is 5.82. The SMILES string of the molecule is Nc1ncnc2c1ncn2/C=C1/[C@@H](F)[C@@H]1COCc1ccccc1. The fraction of sp³-hybridized carbons (Fsp3) is 0.235. The van der Waals surface area contributed by atoms with Crippen molar-refractivity contribution in [3.63, 3.8) is 0 Å². The number of hydrogen-bond acceptors (Lipinski definition) is 5. The molecule has 1 fully saturated rings. The Balaban J connectivity index is 1.43. The van der Waals surface area contributed by atoms with Gasteiger partial charge in [-0.25, -0.2) is 19.3 Å². The van der Waals surface area contributed by atoms with Gasteiger partial charge in [0.2, 0.25) is 0 Å². The van der Waals surface area contributed by atoms with Crippen LogP contribution in [0.15, 0.2) is 48.6 Å². The van der Waals surface area contributed by atoms with Crippen molar-refractivity contribution in [2.45, 2.75) is 12.8 Å². The number of halogens is 1. The molecule has 0 amide bonds. The zero-order chi connectivity index (χ0) is 16.5. The van der Waals surface area contributed by atoms with Crippen molar-refractivity contribution in [1.82, 2.24) is 19.5 Å². The Hall–Kier alpha value is -2.80. The van der Waals surface area contributed by atoms with E-state index in [-0.39, 0.29) is 5.92 Å². The fourth-order valence-electron chi connectivity index (χ4n) is 2.65.